The number of rotatable bonds is 10. The van der Waals surface area contributed by atoms with Gasteiger partial charge in [-0.1, -0.05) is 369 Å². The van der Waals surface area contributed by atoms with E-state index in [1.165, 1.54) is 170 Å². The Hall–Kier alpha value is -9.06. The lowest BCUT2D eigenvalue weighted by molar-refractivity contribution is 0.426. The molecule has 0 unspecified atom stereocenters. The maximum atomic E-state index is 8.88. The van der Waals surface area contributed by atoms with E-state index >= 15 is 0 Å². The molecule has 0 spiro atoms. The molecule has 2 nitrogen and oxygen atoms in total. The SMILES string of the molecule is Brc1cccc(-c2c3c(c(-c4cccc(Br)c4)c4ccccc24)-c2cccc4cccc-3c24)c1.C.C[Si](C)(C)c1ccc(-c2cccc(-c3c4c(c(-c5cccc(-c6ccc([Si](C)(C)C)cc6)c5)c5ccccc35)-c3cccc5cccc-4c35)c2)cc1.C[Si](C)(C)c1ccc(B(O)O)cc1. The van der Waals surface area contributed by atoms with Gasteiger partial charge in [0.05, 0.1) is 24.2 Å². The molecule has 0 saturated heterocycles. The van der Waals surface area contributed by atoms with Crippen molar-refractivity contribution in [2.75, 3.05) is 0 Å². The molecule has 15 aromatic rings. The van der Waals surface area contributed by atoms with Crippen molar-refractivity contribution >= 4 is 127 Å². The molecule has 0 aliphatic heterocycles. The first-order valence-electron chi connectivity index (χ1n) is 34.3. The highest BCUT2D eigenvalue weighted by Gasteiger charge is 2.33. The van der Waals surface area contributed by atoms with Gasteiger partial charge in [0.1, 0.15) is 0 Å². The molecule has 0 aromatic heterocycles. The van der Waals surface area contributed by atoms with Crippen molar-refractivity contribution in [1.29, 1.82) is 0 Å². The van der Waals surface area contributed by atoms with Crippen LogP contribution in [0.4, 0.5) is 0 Å². The number of benzene rings is 15. The van der Waals surface area contributed by atoms with E-state index in [1.54, 1.807) is 12.1 Å². The second kappa shape index (κ2) is 27.1. The van der Waals surface area contributed by atoms with E-state index in [9.17, 15) is 0 Å². The van der Waals surface area contributed by atoms with E-state index in [-0.39, 0.29) is 7.43 Å². The van der Waals surface area contributed by atoms with E-state index in [4.69, 9.17) is 10.0 Å². The third-order valence-electron chi connectivity index (χ3n) is 20.1. The quantitative estimate of drug-likeness (QED) is 0.134. The Morgan fingerprint density at radius 1 is 0.250 bits per heavy atom. The molecule has 0 atom stereocenters. The Bertz CT molecular complexity index is 5360. The average molecular weight is 1470 g/mol. The van der Waals surface area contributed by atoms with E-state index in [2.05, 4.69) is 358 Å². The highest BCUT2D eigenvalue weighted by Crippen LogP contribution is 2.60. The summed E-state index contributed by atoms with van der Waals surface area (Å²) >= 11 is 7.43. The molecule has 8 heteroatoms. The predicted octanol–water partition coefficient (Wildman–Crippen LogP) is 24.4. The molecule has 2 aliphatic rings. The largest absolute Gasteiger partial charge is 0.488 e. The van der Waals surface area contributed by atoms with Gasteiger partial charge in [0.2, 0.25) is 0 Å². The fourth-order valence-electron chi connectivity index (χ4n) is 15.1. The molecule has 0 bridgehead atoms. The molecule has 0 amide bonds. The minimum Gasteiger partial charge on any atom is -0.423 e. The monoisotopic (exact) mass is 1470 g/mol. The van der Waals surface area contributed by atoms with Gasteiger partial charge in [-0.15, -0.1) is 0 Å². The summed E-state index contributed by atoms with van der Waals surface area (Å²) in [6, 6.07) is 107. The van der Waals surface area contributed by atoms with Crippen LogP contribution >= 0.6 is 31.9 Å². The topological polar surface area (TPSA) is 40.5 Å². The zero-order valence-electron chi connectivity index (χ0n) is 57.4. The van der Waals surface area contributed by atoms with Crippen LogP contribution in [0.1, 0.15) is 7.43 Å². The summed E-state index contributed by atoms with van der Waals surface area (Å²) in [6.45, 7) is 21.3. The van der Waals surface area contributed by atoms with Crippen molar-refractivity contribution in [3.8, 4) is 111 Å². The van der Waals surface area contributed by atoms with Crippen molar-refractivity contribution in [2.45, 2.75) is 66.3 Å². The number of hydrogen-bond acceptors (Lipinski definition) is 2. The second-order valence-electron chi connectivity index (χ2n) is 29.6. The van der Waals surface area contributed by atoms with Crippen LogP contribution in [0.5, 0.6) is 0 Å². The summed E-state index contributed by atoms with van der Waals surface area (Å²) in [4.78, 5) is 0. The van der Waals surface area contributed by atoms with Crippen LogP contribution in [0.2, 0.25) is 58.9 Å². The molecule has 0 fully saturated rings. The molecule has 15 aromatic carbocycles. The summed E-state index contributed by atoms with van der Waals surface area (Å²) < 4.78 is 2.18. The van der Waals surface area contributed by atoms with Crippen LogP contribution in [0.3, 0.4) is 0 Å². The fraction of sp³-hybridized carbons (Fsp3) is 0.109. The van der Waals surface area contributed by atoms with Gasteiger partial charge < -0.3 is 10.0 Å². The van der Waals surface area contributed by atoms with Gasteiger partial charge in [0, 0.05) is 8.95 Å². The molecule has 2 N–H and O–H groups in total. The van der Waals surface area contributed by atoms with E-state index in [1.807, 2.05) is 12.1 Å². The minimum atomic E-state index is -1.38. The maximum absolute atomic E-state index is 8.88. The molecule has 0 saturated carbocycles. The normalized spacial score (nSPS) is 12.0. The molecule has 490 valence electrons. The summed E-state index contributed by atoms with van der Waals surface area (Å²) in [5.41, 5.74) is 26.4. The lowest BCUT2D eigenvalue weighted by atomic mass is 9.81. The average Bonchev–Trinajstić information content (AvgIpc) is 1.54. The number of halogens is 2. The van der Waals surface area contributed by atoms with Crippen LogP contribution in [-0.4, -0.2) is 41.4 Å². The van der Waals surface area contributed by atoms with Crippen LogP contribution in [0.25, 0.3) is 154 Å². The highest BCUT2D eigenvalue weighted by molar-refractivity contribution is 9.10. The maximum Gasteiger partial charge on any atom is 0.488 e. The Morgan fingerprint density at radius 3 is 0.790 bits per heavy atom. The van der Waals surface area contributed by atoms with E-state index in [0.29, 0.717) is 5.46 Å². The summed E-state index contributed by atoms with van der Waals surface area (Å²) in [6.07, 6.45) is 0. The fourth-order valence-corrected chi connectivity index (χ4v) is 19.4. The van der Waals surface area contributed by atoms with E-state index in [0.717, 1.165) is 8.95 Å². The lowest BCUT2D eigenvalue weighted by Gasteiger charge is -2.21. The van der Waals surface area contributed by atoms with Gasteiger partial charge in [-0.3, -0.25) is 0 Å². The zero-order valence-corrected chi connectivity index (χ0v) is 63.6. The van der Waals surface area contributed by atoms with Crippen LogP contribution in [0.15, 0.2) is 300 Å². The first kappa shape index (κ1) is 68.1. The Kier molecular flexibility index (Phi) is 18.5. The van der Waals surface area contributed by atoms with Gasteiger partial charge in [-0.05, 0) is 196 Å². The Morgan fingerprint density at radius 2 is 0.510 bits per heavy atom. The summed E-state index contributed by atoms with van der Waals surface area (Å²) in [5.74, 6) is 0. The minimum absolute atomic E-state index is 0. The van der Waals surface area contributed by atoms with Crippen LogP contribution in [0, 0.1) is 0 Å². The third-order valence-corrected chi connectivity index (χ3v) is 27.3. The summed E-state index contributed by atoms with van der Waals surface area (Å²) in [5, 5.41) is 32.5. The Balaban J connectivity index is 0.000000151. The van der Waals surface area contributed by atoms with Gasteiger partial charge in [0.25, 0.3) is 0 Å². The number of hydrogen-bond donors (Lipinski definition) is 2. The van der Waals surface area contributed by atoms with E-state index < -0.39 is 31.3 Å². The molecular weight excluding hydrogens is 1390 g/mol. The molecule has 100 heavy (non-hydrogen) atoms. The molecular formula is C92H81BBr2O2Si3. The first-order chi connectivity index (χ1) is 47.7. The lowest BCUT2D eigenvalue weighted by Crippen LogP contribution is -2.39. The predicted molar refractivity (Wildman–Crippen MR) is 452 cm³/mol. The highest BCUT2D eigenvalue weighted by atomic mass is 79.9. The molecule has 0 radical (unpaired) electrons. The van der Waals surface area contributed by atoms with Crippen molar-refractivity contribution in [1.82, 2.24) is 0 Å². The van der Waals surface area contributed by atoms with Gasteiger partial charge in [0.15, 0.2) is 0 Å². The standard InChI is InChI=1S/C50H44Si2.C32H18Br2.C9H15BO2Si.CH4/c1-51(2,3)40-27-23-33(24-28-40)36-15-9-17-38(31-36)47-42-19-7-8-20-43(42)48(50-45-22-12-14-35-13-11-21-44(46(35)45)49(47)50)39-18-10-16-37(32-39)34-25-29-41(30-26-34)52(4,5)6;33-22-11-3-9-20(17-22)29-24-13-1-2-14-25(24)30(21-10-4-12-23(34)18-21)32-27-16-6-8-19-7-5-15-26(28(19)27)31(29)32;1-13(2,3)9-6-4-8(5-7-9)10(11)12;/h7-32H,1-6H3;1-18H;4-7,11-12H,1-3H3;1H4. The van der Waals surface area contributed by atoms with Crippen molar-refractivity contribution in [2.24, 2.45) is 0 Å². The molecule has 17 rings (SSSR count). The zero-order chi connectivity index (χ0) is 68.6. The van der Waals surface area contributed by atoms with Crippen LogP contribution < -0.4 is 21.0 Å². The van der Waals surface area contributed by atoms with Crippen molar-refractivity contribution < 1.29 is 10.0 Å². The Labute approximate surface area is 610 Å². The molecule has 0 heterocycles. The van der Waals surface area contributed by atoms with Crippen molar-refractivity contribution in [3.05, 3.63) is 300 Å². The van der Waals surface area contributed by atoms with Gasteiger partial charge in [-0.25, -0.2) is 0 Å². The molecule has 2 aliphatic carbocycles. The third kappa shape index (κ3) is 12.7. The first-order valence-corrected chi connectivity index (χ1v) is 46.4. The van der Waals surface area contributed by atoms with Crippen molar-refractivity contribution in [3.63, 3.8) is 0 Å². The van der Waals surface area contributed by atoms with Crippen LogP contribution in [-0.2, 0) is 0 Å². The number of fused-ring (bicyclic) bond motifs is 8. The van der Waals surface area contributed by atoms with Gasteiger partial charge in [-0.2, -0.15) is 0 Å². The smallest absolute Gasteiger partial charge is 0.423 e. The van der Waals surface area contributed by atoms with Gasteiger partial charge >= 0.3 is 7.12 Å². The summed E-state index contributed by atoms with van der Waals surface area (Å²) in [7, 11) is -5.37. The second-order valence-corrected chi connectivity index (χ2v) is 46.7.